The Morgan fingerprint density at radius 1 is 1.16 bits per heavy atom. The third-order valence-electron chi connectivity index (χ3n) is 3.35. The maximum absolute atomic E-state index is 12.1. The number of nitrogens with one attached hydrogen (secondary N) is 2. The molecule has 2 N–H and O–H groups in total. The monoisotopic (exact) mass is 491 g/mol. The number of benzene rings is 1. The van der Waals surface area contributed by atoms with Crippen LogP contribution in [0.2, 0.25) is 0 Å². The van der Waals surface area contributed by atoms with Crippen LogP contribution < -0.4 is 10.6 Å². The van der Waals surface area contributed by atoms with Gasteiger partial charge in [0.25, 0.3) is 0 Å². The van der Waals surface area contributed by atoms with E-state index in [-0.39, 0.29) is 24.0 Å². The summed E-state index contributed by atoms with van der Waals surface area (Å²) in [6.45, 7) is 4.27. The van der Waals surface area contributed by atoms with Crippen molar-refractivity contribution in [1.82, 2.24) is 10.6 Å². The zero-order valence-corrected chi connectivity index (χ0v) is 18.4. The summed E-state index contributed by atoms with van der Waals surface area (Å²) in [5.74, 6) is 1.97. The van der Waals surface area contributed by atoms with Crippen molar-refractivity contribution in [3.05, 3.63) is 58.3 Å². The molecule has 2 aromatic rings. The van der Waals surface area contributed by atoms with Gasteiger partial charge in [-0.2, -0.15) is 0 Å². The fourth-order valence-corrected chi connectivity index (χ4v) is 3.90. The number of hydrogen-bond donors (Lipinski definition) is 2. The SMILES string of the molecule is CCNC(=NCCS(=O)Cc1ccccc1)NCCc1cccs1.I. The highest BCUT2D eigenvalue weighted by Gasteiger charge is 2.02. The normalized spacial score (nSPS) is 12.3. The minimum atomic E-state index is -0.882. The zero-order valence-electron chi connectivity index (χ0n) is 14.4. The summed E-state index contributed by atoms with van der Waals surface area (Å²) < 4.78 is 12.1. The molecule has 1 atom stereocenters. The molecule has 1 aromatic carbocycles. The average Bonchev–Trinajstić information content (AvgIpc) is 3.09. The highest BCUT2D eigenvalue weighted by Crippen LogP contribution is 2.08. The van der Waals surface area contributed by atoms with Crippen LogP contribution in [0.5, 0.6) is 0 Å². The van der Waals surface area contributed by atoms with Gasteiger partial charge in [-0.05, 0) is 30.4 Å². The first-order chi connectivity index (χ1) is 11.8. The van der Waals surface area contributed by atoms with E-state index in [4.69, 9.17) is 0 Å². The van der Waals surface area contributed by atoms with E-state index in [1.165, 1.54) is 4.88 Å². The van der Waals surface area contributed by atoms with E-state index in [0.29, 0.717) is 18.1 Å². The van der Waals surface area contributed by atoms with Crippen molar-refractivity contribution in [3.63, 3.8) is 0 Å². The molecule has 25 heavy (non-hydrogen) atoms. The lowest BCUT2D eigenvalue weighted by Crippen LogP contribution is -2.38. The lowest BCUT2D eigenvalue weighted by molar-refractivity contribution is 0.682. The van der Waals surface area contributed by atoms with Crippen LogP contribution >= 0.6 is 35.3 Å². The molecule has 0 spiro atoms. The van der Waals surface area contributed by atoms with Gasteiger partial charge < -0.3 is 10.6 Å². The van der Waals surface area contributed by atoms with E-state index < -0.39 is 10.8 Å². The molecule has 0 bridgehead atoms. The summed E-state index contributed by atoms with van der Waals surface area (Å²) in [6.07, 6.45) is 0.988. The van der Waals surface area contributed by atoms with Crippen LogP contribution in [0.15, 0.2) is 52.8 Å². The number of hydrogen-bond acceptors (Lipinski definition) is 3. The Labute approximate surface area is 174 Å². The highest BCUT2D eigenvalue weighted by molar-refractivity contribution is 14.0. The first-order valence-electron chi connectivity index (χ1n) is 8.21. The maximum atomic E-state index is 12.1. The van der Waals surface area contributed by atoms with E-state index in [0.717, 1.165) is 31.0 Å². The fourth-order valence-electron chi connectivity index (χ4n) is 2.19. The van der Waals surface area contributed by atoms with E-state index in [9.17, 15) is 4.21 Å². The van der Waals surface area contributed by atoms with Crippen molar-refractivity contribution in [2.75, 3.05) is 25.4 Å². The molecule has 0 saturated heterocycles. The molecular weight excluding hydrogens is 465 g/mol. The van der Waals surface area contributed by atoms with E-state index >= 15 is 0 Å². The third kappa shape index (κ3) is 9.37. The first kappa shape index (κ1) is 22.1. The van der Waals surface area contributed by atoms with Crippen molar-refractivity contribution in [3.8, 4) is 0 Å². The van der Waals surface area contributed by atoms with Gasteiger partial charge in [-0.15, -0.1) is 35.3 Å². The van der Waals surface area contributed by atoms with E-state index in [1.807, 2.05) is 37.3 Å². The van der Waals surface area contributed by atoms with Crippen LogP contribution in [0.3, 0.4) is 0 Å². The van der Waals surface area contributed by atoms with Crippen molar-refractivity contribution >= 4 is 52.1 Å². The molecule has 4 nitrogen and oxygen atoms in total. The first-order valence-corrected chi connectivity index (χ1v) is 10.6. The predicted octanol–water partition coefficient (Wildman–Crippen LogP) is 3.41. The Hall–Kier alpha value is -0.930. The van der Waals surface area contributed by atoms with Crippen molar-refractivity contribution in [2.24, 2.45) is 4.99 Å². The van der Waals surface area contributed by atoms with Crippen LogP contribution in [0.25, 0.3) is 0 Å². The van der Waals surface area contributed by atoms with E-state index in [1.54, 1.807) is 11.3 Å². The maximum Gasteiger partial charge on any atom is 0.191 e. The Morgan fingerprint density at radius 2 is 1.96 bits per heavy atom. The summed E-state index contributed by atoms with van der Waals surface area (Å²) in [5, 5.41) is 8.65. The molecule has 0 aliphatic rings. The number of thiophene rings is 1. The molecule has 2 rings (SSSR count). The molecule has 1 unspecified atom stereocenters. The molecular formula is C18H26IN3OS2. The Kier molecular flexibility index (Phi) is 11.8. The van der Waals surface area contributed by atoms with Gasteiger partial charge in [-0.3, -0.25) is 9.20 Å². The van der Waals surface area contributed by atoms with E-state index in [2.05, 4.69) is 33.1 Å². The van der Waals surface area contributed by atoms with Crippen molar-refractivity contribution in [1.29, 1.82) is 0 Å². The third-order valence-corrected chi connectivity index (χ3v) is 5.58. The van der Waals surface area contributed by atoms with Crippen LogP contribution in [-0.2, 0) is 23.0 Å². The second-order valence-electron chi connectivity index (χ2n) is 5.29. The lowest BCUT2D eigenvalue weighted by Gasteiger charge is -2.10. The van der Waals surface area contributed by atoms with Crippen LogP contribution in [0.1, 0.15) is 17.4 Å². The average molecular weight is 491 g/mol. The molecule has 0 saturated carbocycles. The summed E-state index contributed by atoms with van der Waals surface area (Å²) >= 11 is 1.77. The predicted molar refractivity (Wildman–Crippen MR) is 121 cm³/mol. The fraction of sp³-hybridized carbons (Fsp3) is 0.389. The minimum Gasteiger partial charge on any atom is -0.357 e. The molecule has 1 aromatic heterocycles. The van der Waals surface area contributed by atoms with Crippen molar-refractivity contribution < 1.29 is 4.21 Å². The van der Waals surface area contributed by atoms with Gasteiger partial charge in [-0.25, -0.2) is 0 Å². The number of guanidine groups is 1. The second-order valence-corrected chi connectivity index (χ2v) is 7.90. The summed E-state index contributed by atoms with van der Waals surface area (Å²) in [6, 6.07) is 14.2. The van der Waals surface area contributed by atoms with Gasteiger partial charge in [0.15, 0.2) is 5.96 Å². The van der Waals surface area contributed by atoms with Crippen molar-refractivity contribution in [2.45, 2.75) is 19.1 Å². The minimum absolute atomic E-state index is 0. The number of halogens is 1. The number of nitrogens with zero attached hydrogens (tertiary/aromatic N) is 1. The summed E-state index contributed by atoms with van der Waals surface area (Å²) in [7, 11) is -0.882. The van der Waals surface area contributed by atoms with Gasteiger partial charge in [0.05, 0.1) is 6.54 Å². The Morgan fingerprint density at radius 3 is 2.64 bits per heavy atom. The molecule has 138 valence electrons. The van der Waals surface area contributed by atoms with Gasteiger partial charge in [-0.1, -0.05) is 36.4 Å². The Balaban J connectivity index is 0.00000312. The van der Waals surface area contributed by atoms with Gasteiger partial charge in [0, 0.05) is 40.3 Å². The van der Waals surface area contributed by atoms with Crippen LogP contribution in [0.4, 0.5) is 0 Å². The van der Waals surface area contributed by atoms with Gasteiger partial charge in [0.2, 0.25) is 0 Å². The number of rotatable bonds is 9. The largest absolute Gasteiger partial charge is 0.357 e. The highest BCUT2D eigenvalue weighted by atomic mass is 127. The van der Waals surface area contributed by atoms with Gasteiger partial charge >= 0.3 is 0 Å². The quantitative estimate of drug-likeness (QED) is 0.321. The molecule has 7 heteroatoms. The molecule has 0 amide bonds. The molecule has 1 heterocycles. The molecule has 0 fully saturated rings. The summed E-state index contributed by atoms with van der Waals surface area (Å²) in [4.78, 5) is 5.88. The topological polar surface area (TPSA) is 53.5 Å². The lowest BCUT2D eigenvalue weighted by atomic mass is 10.2. The van der Waals surface area contributed by atoms with Crippen LogP contribution in [-0.4, -0.2) is 35.6 Å². The zero-order chi connectivity index (χ0) is 17.0. The smallest absolute Gasteiger partial charge is 0.191 e. The van der Waals surface area contributed by atoms with Gasteiger partial charge in [0.1, 0.15) is 0 Å². The molecule has 0 aliphatic heterocycles. The van der Waals surface area contributed by atoms with Crippen LogP contribution in [0, 0.1) is 0 Å². The Bertz CT molecular complexity index is 633. The molecule has 0 radical (unpaired) electrons. The number of aliphatic imine (C=N–C) groups is 1. The second kappa shape index (κ2) is 13.3. The molecule has 0 aliphatic carbocycles. The summed E-state index contributed by atoms with van der Waals surface area (Å²) in [5.41, 5.74) is 1.11. The standard InChI is InChI=1S/C18H25N3OS2.HI/c1-2-19-18(20-11-10-17-9-6-13-23-17)21-12-14-24(22)15-16-7-4-3-5-8-16;/h3-9,13H,2,10-12,14-15H2,1H3,(H2,19,20,21);1H.